The molecule has 3 N–H and O–H groups in total. The van der Waals surface area contributed by atoms with Crippen molar-refractivity contribution in [1.82, 2.24) is 15.3 Å². The maximum Gasteiger partial charge on any atom is 0.418 e. The third-order valence-electron chi connectivity index (χ3n) is 5.95. The molecule has 1 amide bonds. The number of ketones is 1. The van der Waals surface area contributed by atoms with Gasteiger partial charge in [-0.3, -0.25) is 19.4 Å². The second-order valence-corrected chi connectivity index (χ2v) is 8.71. The summed E-state index contributed by atoms with van der Waals surface area (Å²) in [7, 11) is 0. The smallest absolute Gasteiger partial charge is 0.354 e. The number of pyridine rings is 2. The molecule has 1 aromatic carbocycles. The molecule has 7 nitrogen and oxygen atoms in total. The van der Waals surface area contributed by atoms with Gasteiger partial charge in [-0.25, -0.2) is 0 Å². The number of hydrogen-bond donors (Lipinski definition) is 3. The van der Waals surface area contributed by atoms with Crippen molar-refractivity contribution in [3.8, 4) is 0 Å². The van der Waals surface area contributed by atoms with Gasteiger partial charge in [-0.15, -0.1) is 0 Å². The number of amides is 1. The number of H-pyrrole nitrogens is 1. The SMILES string of the molecule is Cc1ccc(Nc2ccc(CNC(=O)C3(CC(=O)c4ccc(=O)[nH]c4)CC3)nc2)c(C(F)(F)F)c1. The van der Waals surface area contributed by atoms with Crippen LogP contribution >= 0.6 is 0 Å². The number of nitrogens with zero attached hydrogens (tertiary/aromatic N) is 1. The number of anilines is 2. The van der Waals surface area contributed by atoms with E-state index in [1.807, 2.05) is 0 Å². The molecule has 35 heavy (non-hydrogen) atoms. The third kappa shape index (κ3) is 5.76. The molecule has 0 saturated heterocycles. The number of aryl methyl sites for hydroxylation is 1. The van der Waals surface area contributed by atoms with E-state index in [4.69, 9.17) is 0 Å². The minimum Gasteiger partial charge on any atom is -0.354 e. The van der Waals surface area contributed by atoms with Crippen LogP contribution in [0, 0.1) is 12.3 Å². The summed E-state index contributed by atoms with van der Waals surface area (Å²) in [5, 5.41) is 5.54. The van der Waals surface area contributed by atoms with E-state index in [1.165, 1.54) is 30.6 Å². The van der Waals surface area contributed by atoms with Gasteiger partial charge in [-0.05, 0) is 50.1 Å². The van der Waals surface area contributed by atoms with Gasteiger partial charge in [0, 0.05) is 24.2 Å². The number of benzene rings is 1. The number of aromatic nitrogens is 2. The van der Waals surface area contributed by atoms with Crippen LogP contribution in [0.5, 0.6) is 0 Å². The van der Waals surface area contributed by atoms with Crippen molar-refractivity contribution in [3.05, 3.63) is 87.6 Å². The van der Waals surface area contributed by atoms with E-state index in [1.54, 1.807) is 25.1 Å². The molecule has 1 saturated carbocycles. The van der Waals surface area contributed by atoms with Crippen LogP contribution in [0.4, 0.5) is 24.5 Å². The van der Waals surface area contributed by atoms with Crippen LogP contribution in [0.3, 0.4) is 0 Å². The van der Waals surface area contributed by atoms with Crippen LogP contribution in [0.2, 0.25) is 0 Å². The van der Waals surface area contributed by atoms with Gasteiger partial charge in [0.05, 0.1) is 40.8 Å². The zero-order valence-corrected chi connectivity index (χ0v) is 18.8. The van der Waals surface area contributed by atoms with Crippen LogP contribution in [0.15, 0.2) is 59.7 Å². The lowest BCUT2D eigenvalue weighted by atomic mass is 9.95. The van der Waals surface area contributed by atoms with E-state index in [-0.39, 0.29) is 35.9 Å². The van der Waals surface area contributed by atoms with E-state index in [2.05, 4.69) is 20.6 Å². The lowest BCUT2D eigenvalue weighted by molar-refractivity contribution is -0.137. The Kier molecular flexibility index (Phi) is 6.47. The lowest BCUT2D eigenvalue weighted by Crippen LogP contribution is -2.33. The molecular weight excluding hydrogens is 461 g/mol. The van der Waals surface area contributed by atoms with Crippen molar-refractivity contribution in [2.75, 3.05) is 5.32 Å². The second-order valence-electron chi connectivity index (χ2n) is 8.71. The summed E-state index contributed by atoms with van der Waals surface area (Å²) >= 11 is 0. The topological polar surface area (TPSA) is 104 Å². The van der Waals surface area contributed by atoms with Gasteiger partial charge < -0.3 is 15.6 Å². The van der Waals surface area contributed by atoms with E-state index < -0.39 is 17.2 Å². The number of halogens is 3. The normalized spacial score (nSPS) is 14.3. The third-order valence-corrected chi connectivity index (χ3v) is 5.95. The van der Waals surface area contributed by atoms with E-state index in [0.29, 0.717) is 35.3 Å². The minimum absolute atomic E-state index is 0.0409. The first-order chi connectivity index (χ1) is 16.6. The number of carbonyl (C=O) groups is 2. The van der Waals surface area contributed by atoms with Gasteiger partial charge in [0.15, 0.2) is 5.78 Å². The molecule has 1 aliphatic carbocycles. The number of Topliss-reactive ketones (excluding diaryl/α,β-unsaturated/α-hetero) is 1. The summed E-state index contributed by atoms with van der Waals surface area (Å²) in [5.41, 5.74) is -0.181. The Morgan fingerprint density at radius 2 is 1.89 bits per heavy atom. The quantitative estimate of drug-likeness (QED) is 0.408. The standard InChI is InChI=1S/C25H23F3N4O3/c1-15-2-6-20(19(10-15)25(26,27)28)32-18-5-4-17(29-14-18)13-31-23(35)24(8-9-24)11-21(33)16-3-7-22(34)30-12-16/h2-7,10,12,14,32H,8-9,11,13H2,1H3,(H,30,34)(H,31,35). The number of rotatable bonds is 8. The maximum atomic E-state index is 13.3. The van der Waals surface area contributed by atoms with Gasteiger partial charge in [0.2, 0.25) is 11.5 Å². The van der Waals surface area contributed by atoms with Crippen molar-refractivity contribution in [3.63, 3.8) is 0 Å². The fourth-order valence-electron chi connectivity index (χ4n) is 3.75. The second kappa shape index (κ2) is 9.36. The van der Waals surface area contributed by atoms with Gasteiger partial charge in [0.25, 0.3) is 0 Å². The first-order valence-corrected chi connectivity index (χ1v) is 11.0. The molecule has 0 atom stereocenters. The zero-order chi connectivity index (χ0) is 25.2. The molecule has 0 spiro atoms. The van der Waals surface area contributed by atoms with Gasteiger partial charge in [0.1, 0.15) is 0 Å². The van der Waals surface area contributed by atoms with Gasteiger partial charge >= 0.3 is 6.18 Å². The Bertz CT molecular complexity index is 1290. The van der Waals surface area contributed by atoms with Crippen LogP contribution in [-0.4, -0.2) is 21.7 Å². The van der Waals surface area contributed by atoms with Gasteiger partial charge in [-0.1, -0.05) is 11.6 Å². The van der Waals surface area contributed by atoms with Crippen LogP contribution < -0.4 is 16.2 Å². The largest absolute Gasteiger partial charge is 0.418 e. The molecule has 0 bridgehead atoms. The number of alkyl halides is 3. The monoisotopic (exact) mass is 484 g/mol. The Hall–Kier alpha value is -3.95. The molecule has 0 unspecified atom stereocenters. The van der Waals surface area contributed by atoms with Crippen LogP contribution in [0.25, 0.3) is 0 Å². The molecule has 0 radical (unpaired) electrons. The number of nitrogens with one attached hydrogen (secondary N) is 3. The fraction of sp³-hybridized carbons (Fsp3) is 0.280. The Labute approximate surface area is 198 Å². The molecule has 4 rings (SSSR count). The summed E-state index contributed by atoms with van der Waals surface area (Å²) in [6, 6.07) is 9.93. The Morgan fingerprint density at radius 3 is 2.49 bits per heavy atom. The fourth-order valence-corrected chi connectivity index (χ4v) is 3.75. The van der Waals surface area contributed by atoms with Crippen LogP contribution in [-0.2, 0) is 17.5 Å². The summed E-state index contributed by atoms with van der Waals surface area (Å²) in [5.74, 6) is -0.481. The number of hydrogen-bond acceptors (Lipinski definition) is 5. The Morgan fingerprint density at radius 1 is 1.11 bits per heavy atom. The van der Waals surface area contributed by atoms with E-state index in [9.17, 15) is 27.6 Å². The molecule has 1 fully saturated rings. The molecule has 3 aromatic rings. The first-order valence-electron chi connectivity index (χ1n) is 11.0. The van der Waals surface area contributed by atoms with Crippen molar-refractivity contribution in [2.45, 2.75) is 38.9 Å². The molecule has 0 aliphatic heterocycles. The number of carbonyl (C=O) groups excluding carboxylic acids is 2. The lowest BCUT2D eigenvalue weighted by Gasteiger charge is -2.16. The minimum atomic E-state index is -4.50. The average molecular weight is 484 g/mol. The van der Waals surface area contributed by atoms with Crippen molar-refractivity contribution >= 4 is 23.1 Å². The highest BCUT2D eigenvalue weighted by Crippen LogP contribution is 2.49. The van der Waals surface area contributed by atoms with E-state index in [0.717, 1.165) is 6.07 Å². The summed E-state index contributed by atoms with van der Waals surface area (Å²) < 4.78 is 40.0. The summed E-state index contributed by atoms with van der Waals surface area (Å²) in [4.78, 5) is 43.0. The highest BCUT2D eigenvalue weighted by molar-refractivity contribution is 6.00. The molecule has 1 aliphatic rings. The van der Waals surface area contributed by atoms with E-state index >= 15 is 0 Å². The molecule has 182 valence electrons. The zero-order valence-electron chi connectivity index (χ0n) is 18.8. The summed E-state index contributed by atoms with van der Waals surface area (Å²) in [6.07, 6.45) is -0.547. The predicted molar refractivity (Wildman–Crippen MR) is 123 cm³/mol. The molecule has 2 heterocycles. The average Bonchev–Trinajstić information content (AvgIpc) is 3.60. The first kappa shape index (κ1) is 24.2. The Balaban J connectivity index is 1.35. The number of aromatic amines is 1. The van der Waals surface area contributed by atoms with Crippen molar-refractivity contribution in [1.29, 1.82) is 0 Å². The maximum absolute atomic E-state index is 13.3. The van der Waals surface area contributed by atoms with Gasteiger partial charge in [-0.2, -0.15) is 13.2 Å². The van der Waals surface area contributed by atoms with Crippen LogP contribution in [0.1, 0.15) is 46.4 Å². The van der Waals surface area contributed by atoms with Crippen molar-refractivity contribution in [2.24, 2.45) is 5.41 Å². The predicted octanol–water partition coefficient (Wildman–Crippen LogP) is 4.51. The molecule has 2 aromatic heterocycles. The molecular formula is C25H23F3N4O3. The summed E-state index contributed by atoms with van der Waals surface area (Å²) in [6.45, 7) is 1.71. The molecule has 10 heteroatoms. The highest BCUT2D eigenvalue weighted by atomic mass is 19.4. The van der Waals surface area contributed by atoms with Crippen molar-refractivity contribution < 1.29 is 22.8 Å². The highest BCUT2D eigenvalue weighted by Gasteiger charge is 2.51.